The number of halogens is 4. The summed E-state index contributed by atoms with van der Waals surface area (Å²) in [5.41, 5.74) is 5.91. The number of carbonyl (C=O) groups excluding carboxylic acids is 1. The van der Waals surface area contributed by atoms with Crippen LogP contribution in [0.5, 0.6) is 0 Å². The van der Waals surface area contributed by atoms with Gasteiger partial charge in [-0.1, -0.05) is 23.2 Å². The summed E-state index contributed by atoms with van der Waals surface area (Å²) in [6, 6.07) is 5.78. The van der Waals surface area contributed by atoms with Crippen molar-refractivity contribution in [1.29, 1.82) is 0 Å². The van der Waals surface area contributed by atoms with E-state index >= 15 is 0 Å². The van der Waals surface area contributed by atoms with Crippen molar-refractivity contribution >= 4 is 29.1 Å². The molecule has 8 heteroatoms. The summed E-state index contributed by atoms with van der Waals surface area (Å²) in [6.07, 6.45) is -1.08. The third-order valence-electron chi connectivity index (χ3n) is 3.29. The van der Waals surface area contributed by atoms with Crippen molar-refractivity contribution in [2.75, 3.05) is 6.54 Å². The van der Waals surface area contributed by atoms with Crippen LogP contribution in [0.25, 0.3) is 0 Å². The molecule has 0 heterocycles. The summed E-state index contributed by atoms with van der Waals surface area (Å²) in [4.78, 5) is 11.1. The second-order valence-electron chi connectivity index (χ2n) is 5.14. The molecule has 0 radical (unpaired) electrons. The average molecular weight is 375 g/mol. The zero-order chi connectivity index (χ0) is 17.9. The van der Waals surface area contributed by atoms with Crippen LogP contribution in [0.1, 0.15) is 27.6 Å². The molecular weight excluding hydrogens is 361 g/mol. The highest BCUT2D eigenvalue weighted by atomic mass is 35.5. The summed E-state index contributed by atoms with van der Waals surface area (Å²) in [6.45, 7) is 0.174. The highest BCUT2D eigenvalue weighted by Crippen LogP contribution is 2.31. The highest BCUT2D eigenvalue weighted by Gasteiger charge is 2.18. The van der Waals surface area contributed by atoms with E-state index in [0.717, 1.165) is 6.07 Å². The fraction of sp³-hybridized carbons (Fsp3) is 0.188. The smallest absolute Gasteiger partial charge is 0.248 e. The van der Waals surface area contributed by atoms with Crippen LogP contribution in [-0.4, -0.2) is 17.6 Å². The lowest BCUT2D eigenvalue weighted by atomic mass is 10.1. The number of aliphatic hydroxyl groups is 1. The van der Waals surface area contributed by atoms with Crippen molar-refractivity contribution in [1.82, 2.24) is 5.32 Å². The zero-order valence-corrected chi connectivity index (χ0v) is 13.8. The van der Waals surface area contributed by atoms with E-state index in [1.54, 1.807) is 0 Å². The van der Waals surface area contributed by atoms with Crippen molar-refractivity contribution in [3.05, 3.63) is 68.7 Å². The minimum Gasteiger partial charge on any atom is -0.387 e. The number of hydrogen-bond acceptors (Lipinski definition) is 3. The Morgan fingerprint density at radius 2 is 1.67 bits per heavy atom. The van der Waals surface area contributed by atoms with Gasteiger partial charge in [-0.3, -0.25) is 4.79 Å². The fourth-order valence-corrected chi connectivity index (χ4v) is 2.95. The van der Waals surface area contributed by atoms with E-state index in [1.807, 2.05) is 0 Å². The molecule has 0 saturated heterocycles. The Kier molecular flexibility index (Phi) is 6.12. The van der Waals surface area contributed by atoms with Crippen LogP contribution >= 0.6 is 23.2 Å². The first-order chi connectivity index (χ1) is 11.3. The second-order valence-corrected chi connectivity index (χ2v) is 5.96. The lowest BCUT2D eigenvalue weighted by Crippen LogP contribution is -2.22. The first kappa shape index (κ1) is 18.6. The number of nitrogens with one attached hydrogen (secondary N) is 1. The van der Waals surface area contributed by atoms with E-state index in [0.29, 0.717) is 5.56 Å². The number of benzene rings is 2. The standard InChI is InChI=1S/C16H14Cl2F2N2O2/c17-12-3-9(16(21)24)4-13(18)15(12)14(23)7-22-6-8-1-10(19)5-11(20)2-8/h1-5,14,22-23H,6-7H2,(H2,21,24). The molecule has 0 spiro atoms. The summed E-state index contributed by atoms with van der Waals surface area (Å²) in [5, 5.41) is 13.3. The van der Waals surface area contributed by atoms with Gasteiger partial charge in [0.15, 0.2) is 0 Å². The maximum absolute atomic E-state index is 13.1. The number of primary amides is 1. The molecule has 24 heavy (non-hydrogen) atoms. The van der Waals surface area contributed by atoms with Crippen LogP contribution in [0, 0.1) is 11.6 Å². The molecule has 1 unspecified atom stereocenters. The van der Waals surface area contributed by atoms with Gasteiger partial charge < -0.3 is 16.2 Å². The van der Waals surface area contributed by atoms with E-state index in [4.69, 9.17) is 28.9 Å². The van der Waals surface area contributed by atoms with E-state index in [2.05, 4.69) is 5.32 Å². The lowest BCUT2D eigenvalue weighted by Gasteiger charge is -2.16. The molecule has 0 saturated carbocycles. The van der Waals surface area contributed by atoms with Gasteiger partial charge in [-0.25, -0.2) is 8.78 Å². The fourth-order valence-electron chi connectivity index (χ4n) is 2.21. The van der Waals surface area contributed by atoms with E-state index in [9.17, 15) is 18.7 Å². The number of nitrogens with two attached hydrogens (primary N) is 1. The molecule has 1 amide bonds. The first-order valence-electron chi connectivity index (χ1n) is 6.90. The van der Waals surface area contributed by atoms with Gasteiger partial charge in [-0.15, -0.1) is 0 Å². The molecule has 0 aliphatic heterocycles. The predicted molar refractivity (Wildman–Crippen MR) is 88.0 cm³/mol. The van der Waals surface area contributed by atoms with Gasteiger partial charge >= 0.3 is 0 Å². The first-order valence-corrected chi connectivity index (χ1v) is 7.66. The van der Waals surface area contributed by atoms with Gasteiger partial charge in [0.1, 0.15) is 11.6 Å². The average Bonchev–Trinajstić information content (AvgIpc) is 2.45. The molecule has 0 aromatic heterocycles. The molecule has 0 aliphatic carbocycles. The molecule has 4 nitrogen and oxygen atoms in total. The zero-order valence-electron chi connectivity index (χ0n) is 12.3. The normalized spacial score (nSPS) is 12.2. The largest absolute Gasteiger partial charge is 0.387 e. The van der Waals surface area contributed by atoms with Crippen molar-refractivity contribution < 1.29 is 18.7 Å². The van der Waals surface area contributed by atoms with Crippen LogP contribution < -0.4 is 11.1 Å². The summed E-state index contributed by atoms with van der Waals surface area (Å²) in [5.74, 6) is -2.05. The maximum Gasteiger partial charge on any atom is 0.248 e. The molecule has 0 bridgehead atoms. The molecule has 2 aromatic carbocycles. The van der Waals surface area contributed by atoms with Gasteiger partial charge in [-0.05, 0) is 29.8 Å². The van der Waals surface area contributed by atoms with E-state index in [-0.39, 0.29) is 34.3 Å². The lowest BCUT2D eigenvalue weighted by molar-refractivity contribution is 0.1000. The Morgan fingerprint density at radius 1 is 1.12 bits per heavy atom. The molecular formula is C16H14Cl2F2N2O2. The predicted octanol–water partition coefficient (Wildman–Crippen LogP) is 3.19. The maximum atomic E-state index is 13.1. The SMILES string of the molecule is NC(=O)c1cc(Cl)c(C(O)CNCc2cc(F)cc(F)c2)c(Cl)c1. The van der Waals surface area contributed by atoms with Crippen LogP contribution in [-0.2, 0) is 6.54 Å². The van der Waals surface area contributed by atoms with Crippen LogP contribution in [0.15, 0.2) is 30.3 Å². The molecule has 0 fully saturated rings. The van der Waals surface area contributed by atoms with Crippen LogP contribution in [0.2, 0.25) is 10.0 Å². The Hall–Kier alpha value is -1.73. The van der Waals surface area contributed by atoms with Crippen molar-refractivity contribution in [2.24, 2.45) is 5.73 Å². The topological polar surface area (TPSA) is 75.4 Å². The second kappa shape index (κ2) is 7.90. The Labute approximate surface area is 147 Å². The number of rotatable bonds is 6. The van der Waals surface area contributed by atoms with Gasteiger partial charge in [0.05, 0.1) is 6.10 Å². The minimum atomic E-state index is -1.08. The third kappa shape index (κ3) is 4.64. The number of amides is 1. The van der Waals surface area contributed by atoms with Crippen LogP contribution in [0.3, 0.4) is 0 Å². The minimum absolute atomic E-state index is 0.0352. The van der Waals surface area contributed by atoms with Gasteiger partial charge in [0.2, 0.25) is 5.91 Å². The molecule has 2 aromatic rings. The number of carbonyl (C=O) groups is 1. The Bertz CT molecular complexity index is 728. The quantitative estimate of drug-likeness (QED) is 0.726. The van der Waals surface area contributed by atoms with Crippen molar-refractivity contribution in [3.63, 3.8) is 0 Å². The molecule has 1 atom stereocenters. The Balaban J connectivity index is 2.05. The van der Waals surface area contributed by atoms with Crippen molar-refractivity contribution in [2.45, 2.75) is 12.6 Å². The Morgan fingerprint density at radius 3 is 2.17 bits per heavy atom. The molecule has 4 N–H and O–H groups in total. The third-order valence-corrected chi connectivity index (χ3v) is 3.91. The molecule has 2 rings (SSSR count). The monoisotopic (exact) mass is 374 g/mol. The van der Waals surface area contributed by atoms with E-state index < -0.39 is 23.6 Å². The molecule has 128 valence electrons. The van der Waals surface area contributed by atoms with Crippen LogP contribution in [0.4, 0.5) is 8.78 Å². The highest BCUT2D eigenvalue weighted by molar-refractivity contribution is 6.36. The summed E-state index contributed by atoms with van der Waals surface area (Å²) < 4.78 is 26.2. The summed E-state index contributed by atoms with van der Waals surface area (Å²) >= 11 is 12.1. The summed E-state index contributed by atoms with van der Waals surface area (Å²) in [7, 11) is 0. The van der Waals surface area contributed by atoms with E-state index in [1.165, 1.54) is 24.3 Å². The molecule has 0 aliphatic rings. The number of aliphatic hydroxyl groups excluding tert-OH is 1. The van der Waals surface area contributed by atoms with Gasteiger partial charge in [0, 0.05) is 40.3 Å². The number of hydrogen-bond donors (Lipinski definition) is 3. The van der Waals surface area contributed by atoms with Crippen molar-refractivity contribution in [3.8, 4) is 0 Å². The van der Waals surface area contributed by atoms with Gasteiger partial charge in [-0.2, -0.15) is 0 Å². The van der Waals surface area contributed by atoms with Gasteiger partial charge in [0.25, 0.3) is 0 Å².